The van der Waals surface area contributed by atoms with E-state index in [0.717, 1.165) is 6.92 Å². The number of anilines is 1. The quantitative estimate of drug-likeness (QED) is 0.607. The molecule has 0 aliphatic carbocycles. The molecular formula is C12H9F3N2O. The van der Waals surface area contributed by atoms with Crippen LogP contribution in [-0.2, 0) is 0 Å². The number of nitrogen functional groups attached to an aromatic ring is 1. The zero-order valence-corrected chi connectivity index (χ0v) is 9.34. The van der Waals surface area contributed by atoms with Gasteiger partial charge in [0.2, 0.25) is 5.95 Å². The van der Waals surface area contributed by atoms with E-state index in [-0.39, 0.29) is 17.0 Å². The fraction of sp³-hybridized carbons (Fsp3) is 0.0833. The van der Waals surface area contributed by atoms with Crippen LogP contribution in [0.3, 0.4) is 0 Å². The highest BCUT2D eigenvalue weighted by molar-refractivity contribution is 5.80. The number of phenols is 1. The van der Waals surface area contributed by atoms with Crippen LogP contribution in [-0.4, -0.2) is 10.1 Å². The Morgan fingerprint density at radius 3 is 2.44 bits per heavy atom. The van der Waals surface area contributed by atoms with Crippen molar-refractivity contribution in [2.75, 3.05) is 5.73 Å². The highest BCUT2D eigenvalue weighted by atomic mass is 19.2. The minimum atomic E-state index is -1.44. The van der Waals surface area contributed by atoms with E-state index in [9.17, 15) is 18.3 Å². The van der Waals surface area contributed by atoms with Crippen LogP contribution in [0.25, 0.3) is 11.3 Å². The van der Waals surface area contributed by atoms with Gasteiger partial charge in [0, 0.05) is 11.3 Å². The van der Waals surface area contributed by atoms with E-state index in [1.807, 2.05) is 0 Å². The van der Waals surface area contributed by atoms with E-state index in [0.29, 0.717) is 0 Å². The van der Waals surface area contributed by atoms with Crippen LogP contribution in [0.2, 0.25) is 0 Å². The fourth-order valence-corrected chi connectivity index (χ4v) is 1.61. The summed E-state index contributed by atoms with van der Waals surface area (Å²) in [6, 6.07) is 4.09. The van der Waals surface area contributed by atoms with Crippen molar-refractivity contribution >= 4 is 5.69 Å². The van der Waals surface area contributed by atoms with Gasteiger partial charge in [-0.25, -0.2) is 13.8 Å². The molecule has 1 aromatic carbocycles. The SMILES string of the molecule is Cc1c(F)c(F)nc(-c2c(N)cccc2O)c1F. The predicted molar refractivity (Wildman–Crippen MR) is 60.4 cm³/mol. The van der Waals surface area contributed by atoms with Gasteiger partial charge in [-0.3, -0.25) is 0 Å². The number of nitrogens with two attached hydrogens (primary N) is 1. The zero-order chi connectivity index (χ0) is 13.4. The normalized spacial score (nSPS) is 10.7. The number of aromatic nitrogens is 1. The van der Waals surface area contributed by atoms with Crippen LogP contribution in [0.15, 0.2) is 18.2 Å². The van der Waals surface area contributed by atoms with E-state index in [4.69, 9.17) is 5.73 Å². The Hall–Kier alpha value is -2.24. The lowest BCUT2D eigenvalue weighted by Gasteiger charge is -2.10. The highest BCUT2D eigenvalue weighted by Gasteiger charge is 2.21. The molecule has 94 valence electrons. The van der Waals surface area contributed by atoms with Gasteiger partial charge in [0.05, 0.1) is 5.56 Å². The van der Waals surface area contributed by atoms with Crippen molar-refractivity contribution in [2.24, 2.45) is 0 Å². The Bertz CT molecular complexity index is 609. The van der Waals surface area contributed by atoms with Gasteiger partial charge in [-0.15, -0.1) is 0 Å². The van der Waals surface area contributed by atoms with Crippen LogP contribution >= 0.6 is 0 Å². The van der Waals surface area contributed by atoms with Crippen LogP contribution in [0, 0.1) is 24.5 Å². The minimum Gasteiger partial charge on any atom is -0.507 e. The van der Waals surface area contributed by atoms with Gasteiger partial charge in [0.1, 0.15) is 11.4 Å². The molecule has 0 saturated carbocycles. The third-order valence-electron chi connectivity index (χ3n) is 2.57. The average molecular weight is 254 g/mol. The molecule has 0 unspecified atom stereocenters. The summed E-state index contributed by atoms with van der Waals surface area (Å²) in [5.41, 5.74) is 4.42. The first-order chi connectivity index (χ1) is 8.43. The third-order valence-corrected chi connectivity index (χ3v) is 2.57. The first kappa shape index (κ1) is 12.2. The molecule has 3 nitrogen and oxygen atoms in total. The van der Waals surface area contributed by atoms with E-state index >= 15 is 0 Å². The maximum absolute atomic E-state index is 13.9. The summed E-state index contributed by atoms with van der Waals surface area (Å²) < 4.78 is 40.2. The summed E-state index contributed by atoms with van der Waals surface area (Å²) in [5.74, 6) is -4.20. The van der Waals surface area contributed by atoms with Gasteiger partial charge in [-0.2, -0.15) is 4.39 Å². The average Bonchev–Trinajstić information content (AvgIpc) is 2.32. The summed E-state index contributed by atoms with van der Waals surface area (Å²) in [7, 11) is 0. The molecule has 0 aliphatic rings. The molecule has 3 N–H and O–H groups in total. The summed E-state index contributed by atoms with van der Waals surface area (Å²) >= 11 is 0. The predicted octanol–water partition coefficient (Wildman–Crippen LogP) is 2.76. The maximum atomic E-state index is 13.9. The number of hydrogen-bond donors (Lipinski definition) is 2. The molecule has 0 atom stereocenters. The lowest BCUT2D eigenvalue weighted by molar-refractivity contribution is 0.456. The first-order valence-corrected chi connectivity index (χ1v) is 5.02. The molecule has 0 radical (unpaired) electrons. The Morgan fingerprint density at radius 2 is 1.83 bits per heavy atom. The molecule has 18 heavy (non-hydrogen) atoms. The smallest absolute Gasteiger partial charge is 0.249 e. The standard InChI is InChI=1S/C12H9F3N2O/c1-5-9(13)11(17-12(15)10(5)14)8-6(16)3-2-4-7(8)18/h2-4,18H,16H2,1H3. The van der Waals surface area contributed by atoms with Gasteiger partial charge in [0.15, 0.2) is 11.6 Å². The molecule has 0 spiro atoms. The highest BCUT2D eigenvalue weighted by Crippen LogP contribution is 2.36. The molecule has 0 bridgehead atoms. The zero-order valence-electron chi connectivity index (χ0n) is 9.34. The van der Waals surface area contributed by atoms with E-state index < -0.39 is 28.8 Å². The van der Waals surface area contributed by atoms with Crippen LogP contribution in [0.5, 0.6) is 5.75 Å². The van der Waals surface area contributed by atoms with Gasteiger partial charge < -0.3 is 10.8 Å². The van der Waals surface area contributed by atoms with Gasteiger partial charge in [-0.05, 0) is 19.1 Å². The largest absolute Gasteiger partial charge is 0.507 e. The number of rotatable bonds is 1. The number of halogens is 3. The molecular weight excluding hydrogens is 245 g/mol. The second kappa shape index (κ2) is 4.21. The van der Waals surface area contributed by atoms with Crippen molar-refractivity contribution in [3.63, 3.8) is 0 Å². The van der Waals surface area contributed by atoms with Crippen molar-refractivity contribution in [1.29, 1.82) is 0 Å². The lowest BCUT2D eigenvalue weighted by atomic mass is 10.1. The number of nitrogens with zero attached hydrogens (tertiary/aromatic N) is 1. The molecule has 0 amide bonds. The van der Waals surface area contributed by atoms with Crippen LogP contribution in [0.1, 0.15) is 5.56 Å². The Balaban J connectivity index is 2.80. The molecule has 2 rings (SSSR count). The van der Waals surface area contributed by atoms with Crippen LogP contribution < -0.4 is 5.73 Å². The topological polar surface area (TPSA) is 59.1 Å². The third kappa shape index (κ3) is 1.75. The van der Waals surface area contributed by atoms with Crippen molar-refractivity contribution in [3.05, 3.63) is 41.3 Å². The molecule has 2 aromatic rings. The summed E-state index contributed by atoms with van der Waals surface area (Å²) in [6.45, 7) is 1.08. The number of benzene rings is 1. The Kier molecular flexibility index (Phi) is 2.86. The molecule has 6 heteroatoms. The van der Waals surface area contributed by atoms with Gasteiger partial charge >= 0.3 is 0 Å². The number of pyridine rings is 1. The minimum absolute atomic E-state index is 0.0202. The Labute approximate surface area is 101 Å². The summed E-state index contributed by atoms with van der Waals surface area (Å²) in [5, 5.41) is 9.62. The van der Waals surface area contributed by atoms with Crippen molar-refractivity contribution in [3.8, 4) is 17.0 Å². The first-order valence-electron chi connectivity index (χ1n) is 5.02. The summed E-state index contributed by atoms with van der Waals surface area (Å²) in [4.78, 5) is 3.17. The number of hydrogen-bond acceptors (Lipinski definition) is 3. The van der Waals surface area contributed by atoms with Crippen molar-refractivity contribution in [2.45, 2.75) is 6.92 Å². The molecule has 1 heterocycles. The molecule has 0 aliphatic heterocycles. The molecule has 0 saturated heterocycles. The second-order valence-corrected chi connectivity index (χ2v) is 3.75. The van der Waals surface area contributed by atoms with Gasteiger partial charge in [-0.1, -0.05) is 6.07 Å². The molecule has 1 aromatic heterocycles. The van der Waals surface area contributed by atoms with Crippen molar-refractivity contribution < 1.29 is 18.3 Å². The fourth-order valence-electron chi connectivity index (χ4n) is 1.61. The van der Waals surface area contributed by atoms with Crippen molar-refractivity contribution in [1.82, 2.24) is 4.98 Å². The monoisotopic (exact) mass is 254 g/mol. The number of phenolic OH excluding ortho intramolecular Hbond substituents is 1. The molecule has 0 fully saturated rings. The second-order valence-electron chi connectivity index (χ2n) is 3.75. The number of aromatic hydroxyl groups is 1. The van der Waals surface area contributed by atoms with Gasteiger partial charge in [0.25, 0.3) is 0 Å². The Morgan fingerprint density at radius 1 is 1.17 bits per heavy atom. The van der Waals surface area contributed by atoms with E-state index in [2.05, 4.69) is 4.98 Å². The van der Waals surface area contributed by atoms with E-state index in [1.165, 1.54) is 18.2 Å². The van der Waals surface area contributed by atoms with Crippen LogP contribution in [0.4, 0.5) is 18.9 Å². The van der Waals surface area contributed by atoms with E-state index in [1.54, 1.807) is 0 Å². The lowest BCUT2D eigenvalue weighted by Crippen LogP contribution is -2.03. The summed E-state index contributed by atoms with van der Waals surface area (Å²) in [6.07, 6.45) is 0. The maximum Gasteiger partial charge on any atom is 0.249 e.